The Morgan fingerprint density at radius 2 is 0.779 bits per heavy atom. The van der Waals surface area contributed by atoms with Crippen LogP contribution in [0.2, 0.25) is 0 Å². The van der Waals surface area contributed by atoms with Gasteiger partial charge < -0.3 is 72.9 Å². The smallest absolute Gasteiger partial charge is 0 e. The first-order chi connectivity index (χ1) is 45.2. The Kier molecular flexibility index (Phi) is 43.3. The molecular weight excluding hydrogens is 1370 g/mol. The van der Waals surface area contributed by atoms with E-state index in [2.05, 4.69) is 66.7 Å². The van der Waals surface area contributed by atoms with Crippen molar-refractivity contribution >= 4 is 21.9 Å². The number of rotatable bonds is 1. The van der Waals surface area contributed by atoms with Gasteiger partial charge in [0.25, 0.3) is 0 Å². The van der Waals surface area contributed by atoms with Crippen molar-refractivity contribution in [1.29, 1.82) is 0 Å². The molecule has 0 aromatic heterocycles. The summed E-state index contributed by atoms with van der Waals surface area (Å²) in [5, 5.41) is 3.01. The molecule has 0 saturated heterocycles. The molecule has 0 aliphatic heterocycles. The summed E-state index contributed by atoms with van der Waals surface area (Å²) in [6.45, 7) is 69.3. The van der Waals surface area contributed by atoms with Crippen molar-refractivity contribution in [2.75, 3.05) is 0 Å². The van der Waals surface area contributed by atoms with Crippen LogP contribution in [0.25, 0.3) is 21.9 Å². The third kappa shape index (κ3) is 19.2. The molecule has 0 amide bonds. The molecule has 3 heteroatoms. The molecule has 95 heavy (non-hydrogen) atoms. The van der Waals surface area contributed by atoms with Crippen LogP contribution in [0.4, 0.5) is 0 Å². The summed E-state index contributed by atoms with van der Waals surface area (Å²) in [4.78, 5) is 0. The Hall–Kier alpha value is -0.588. The van der Waals surface area contributed by atoms with Crippen molar-refractivity contribution in [1.82, 2.24) is 0 Å². The van der Waals surface area contributed by atoms with Gasteiger partial charge in [0.15, 0.2) is 0 Å². The van der Waals surface area contributed by atoms with Crippen LogP contribution in [0, 0.1) is 151 Å². The second-order valence-electron chi connectivity index (χ2n) is 27.6. The molecule has 0 heterocycles. The molecule has 22 aliphatic carbocycles. The minimum Gasteiger partial charge on any atom is -0.394 e. The van der Waals surface area contributed by atoms with Gasteiger partial charge in [0.2, 0.25) is 0 Å². The van der Waals surface area contributed by atoms with Crippen LogP contribution in [0.15, 0.2) is 94.6 Å². The number of hydrogen-bond acceptors (Lipinski definition) is 0. The van der Waals surface area contributed by atoms with Crippen molar-refractivity contribution < 1.29 is 98.1 Å². The first-order valence-corrected chi connectivity index (χ1v) is 40.2. The third-order valence-corrected chi connectivity index (χ3v) is 24.7. The van der Waals surface area contributed by atoms with Gasteiger partial charge in [-0.15, -0.1) is 36.5 Å². The molecule has 18 fully saturated rings. The molecule has 16 atom stereocenters. The molecule has 20 bridgehead atoms. The fraction of sp³-hybridized carbons (Fsp3) is 0.674. The molecular formula is C92H140Y3-6. The fourth-order valence-corrected chi connectivity index (χ4v) is 21.9. The Balaban J connectivity index is 0.000000381. The van der Waals surface area contributed by atoms with Crippen molar-refractivity contribution in [2.24, 2.45) is 112 Å². The second-order valence-corrected chi connectivity index (χ2v) is 27.6. The molecule has 18 saturated carbocycles. The van der Waals surface area contributed by atoms with Gasteiger partial charge in [-0.25, -0.2) is 0 Å². The van der Waals surface area contributed by atoms with Gasteiger partial charge in [-0.3, -0.25) is 0 Å². The van der Waals surface area contributed by atoms with E-state index in [9.17, 15) is 0 Å². The van der Waals surface area contributed by atoms with E-state index in [-0.39, 0.29) is 98.1 Å². The Bertz CT molecular complexity index is 2800. The minimum atomic E-state index is 0. The summed E-state index contributed by atoms with van der Waals surface area (Å²) in [7, 11) is 0. The number of fused-ring (bicyclic) bond motifs is 9. The minimum absolute atomic E-state index is 0. The van der Waals surface area contributed by atoms with Gasteiger partial charge >= 0.3 is 0 Å². The molecule has 3 aromatic carbocycles. The monoisotopic (exact) mass is 1510 g/mol. The predicted octanol–water partition coefficient (Wildman–Crippen LogP) is 27.9. The summed E-state index contributed by atoms with van der Waals surface area (Å²) in [6, 6.07) is 23.1. The summed E-state index contributed by atoms with van der Waals surface area (Å²) < 4.78 is 0. The zero-order valence-corrected chi connectivity index (χ0v) is 73.6. The van der Waals surface area contributed by atoms with Crippen molar-refractivity contribution in [3.05, 3.63) is 156 Å². The van der Waals surface area contributed by atoms with Crippen LogP contribution < -0.4 is 0 Å². The van der Waals surface area contributed by atoms with E-state index in [0.29, 0.717) is 17.8 Å². The maximum atomic E-state index is 6.07. The Morgan fingerprint density at radius 3 is 1.26 bits per heavy atom. The van der Waals surface area contributed by atoms with E-state index in [1.54, 1.807) is 44.9 Å². The van der Waals surface area contributed by atoms with E-state index in [4.69, 9.17) is 32.9 Å². The zero-order chi connectivity index (χ0) is 68.1. The average molecular weight is 1510 g/mol. The van der Waals surface area contributed by atoms with E-state index in [1.165, 1.54) is 146 Å². The van der Waals surface area contributed by atoms with Gasteiger partial charge in [0.1, 0.15) is 0 Å². The number of benzene rings is 3. The van der Waals surface area contributed by atoms with E-state index in [0.717, 1.165) is 129 Å². The first kappa shape index (κ1) is 90.5. The molecule has 16 unspecified atom stereocenters. The van der Waals surface area contributed by atoms with E-state index in [1.807, 2.05) is 138 Å². The molecule has 25 rings (SSSR count). The van der Waals surface area contributed by atoms with Crippen LogP contribution >= 0.6 is 0 Å². The summed E-state index contributed by atoms with van der Waals surface area (Å²) >= 11 is 0. The maximum Gasteiger partial charge on any atom is 0 e. The zero-order valence-electron chi connectivity index (χ0n) is 65.1. The molecule has 0 N–H and O–H groups in total. The van der Waals surface area contributed by atoms with Crippen molar-refractivity contribution in [3.8, 4) is 0 Å². The van der Waals surface area contributed by atoms with Crippen LogP contribution in [-0.4, -0.2) is 0 Å². The fourth-order valence-electron chi connectivity index (χ4n) is 21.9. The standard InChI is InChI=1S/C21H20.C15H18.2C13H16.C10H10.10C2H6.3Y/c1-3-13-4-2-6-17-20(13)16(5-1)19-11-14-9-12-7-8-15(14)18(10-12)21(17)19;1-2-4-13-11(3-1)9-12-7-10-5-6-14(12)15(13)8-10;1-8-5-11-6-10-3-4-12(11)13(7-10)9(8)2;1-2-9-5-11-7-10-3-4-13(11)12(6-9)8-10;1-5-6(2)10-7-3-4-8(10)9(5)7;10*1-2;;;/h1-6,12,14-15,18H,7-11H2;1-4,10,12,14-15H,5-9H2;1-2,10-13H,3-7H2;1-2,10-13H,3-5,7-8H2;1-2,7-10H,3-4H2;10*1-2H3;;;/q;;3*-2;;;;;;;;;;;;;. The second kappa shape index (κ2) is 45.5. The van der Waals surface area contributed by atoms with Crippen LogP contribution in [0.1, 0.15) is 301 Å². The van der Waals surface area contributed by atoms with Gasteiger partial charge in [-0.05, 0) is 168 Å². The Labute approximate surface area is 666 Å². The molecule has 0 spiro atoms. The summed E-state index contributed by atoms with van der Waals surface area (Å²) in [5.41, 5.74) is 15.5. The van der Waals surface area contributed by atoms with Crippen LogP contribution in [0.3, 0.4) is 0 Å². The first-order valence-electron chi connectivity index (χ1n) is 40.2. The molecule has 22 aliphatic rings. The predicted molar refractivity (Wildman–Crippen MR) is 407 cm³/mol. The Morgan fingerprint density at radius 1 is 0.368 bits per heavy atom. The average Bonchev–Trinajstić information content (AvgIpc) is 1.56. The van der Waals surface area contributed by atoms with Gasteiger partial charge in [-0.1, -0.05) is 299 Å². The number of allylic oxidation sites excluding steroid dienone is 9. The maximum absolute atomic E-state index is 6.07. The van der Waals surface area contributed by atoms with Crippen LogP contribution in [-0.2, 0) is 105 Å². The van der Waals surface area contributed by atoms with Crippen molar-refractivity contribution in [3.63, 3.8) is 0 Å². The summed E-state index contributed by atoms with van der Waals surface area (Å²) in [5.74, 6) is 18.2. The molecule has 3 radical (unpaired) electrons. The number of hydrogen-bond donors (Lipinski definition) is 0. The third-order valence-electron chi connectivity index (χ3n) is 24.7. The SMILES string of the molecule is CC.CC.CC.CC.CC.CC.CC.CC.CC.CC.[CH-]=C1C(=[CH-])C2C3CCC2C13.[CH-]=C1CC2CC3CCC2C(C3)C1=[CH-].[CH-]=CC1=[C-]C2CC3CCC2C(C1)C3.[Y].[Y].[Y].c1cc2c3c(cccc3c1)C1=C2CC2CC3CCC2C1C3.c1ccc2c(c1)CC1CC3CCC1C2C3. The van der Waals surface area contributed by atoms with E-state index >= 15 is 0 Å². The van der Waals surface area contributed by atoms with Gasteiger partial charge in [-0.2, -0.15) is 0 Å². The van der Waals surface area contributed by atoms with Gasteiger partial charge in [0, 0.05) is 98.1 Å². The molecule has 3 aromatic rings. The summed E-state index contributed by atoms with van der Waals surface area (Å²) in [6.07, 6.45) is 36.7. The topological polar surface area (TPSA) is 0 Å². The van der Waals surface area contributed by atoms with Gasteiger partial charge in [0.05, 0.1) is 0 Å². The molecule has 0 nitrogen and oxygen atoms in total. The quantitative estimate of drug-likeness (QED) is 0.213. The van der Waals surface area contributed by atoms with E-state index < -0.39 is 0 Å². The largest absolute Gasteiger partial charge is 0.394 e. The molecule has 523 valence electrons. The van der Waals surface area contributed by atoms with Crippen molar-refractivity contribution in [2.45, 2.75) is 286 Å². The normalized spacial score (nSPS) is 33.9. The van der Waals surface area contributed by atoms with Crippen LogP contribution in [0.5, 0.6) is 0 Å².